The summed E-state index contributed by atoms with van der Waals surface area (Å²) in [7, 11) is 0. The largest absolute Gasteiger partial charge is 0.189 e. The second-order valence-corrected chi connectivity index (χ2v) is 11.4. The molecule has 0 fully saturated rings. The SMILES string of the molecule is CC(Cl)(Cl)C(Cl)(Cl)C(Cl)(Cl)C(Cl)(Cl)C(Cl)(Cl)[C](Cl)Cl. The fourth-order valence-electron chi connectivity index (χ4n) is 0.789. The predicted molar refractivity (Wildman–Crippen MR) is 92.8 cm³/mol. The van der Waals surface area contributed by atoms with Crippen LogP contribution in [0.1, 0.15) is 6.92 Å². The van der Waals surface area contributed by atoms with Crippen molar-refractivity contribution < 1.29 is 0 Å². The van der Waals surface area contributed by atoms with Crippen molar-refractivity contribution in [3.8, 4) is 0 Å². The van der Waals surface area contributed by atoms with Gasteiger partial charge in [-0.05, 0) is 6.92 Å². The molecule has 12 heteroatoms. The number of hydrogen-bond donors (Lipinski definition) is 0. The first-order valence-electron chi connectivity index (χ1n) is 4.02. The monoisotopic (exact) mass is 507 g/mol. The second-order valence-electron chi connectivity index (χ2n) is 3.45. The molecule has 0 spiro atoms. The van der Waals surface area contributed by atoms with Gasteiger partial charge in [0.1, 0.15) is 0 Å². The van der Waals surface area contributed by atoms with E-state index in [4.69, 9.17) is 139 Å². The summed E-state index contributed by atoms with van der Waals surface area (Å²) < 4.78 is -11.4. The lowest BCUT2D eigenvalue weighted by atomic mass is 10.1. The highest BCUT2D eigenvalue weighted by atomic mass is 35.6. The standard InChI is InChI=1S/C7H3Cl12/c1-3(10,11)5(14,15)7(18,19)6(16,17)4(12,13)2(8)9/h1H3. The van der Waals surface area contributed by atoms with E-state index in [1.54, 1.807) is 0 Å². The van der Waals surface area contributed by atoms with Crippen LogP contribution in [-0.4, -0.2) is 21.7 Å². The van der Waals surface area contributed by atoms with Crippen molar-refractivity contribution in [1.82, 2.24) is 0 Å². The van der Waals surface area contributed by atoms with Crippen molar-refractivity contribution in [3.63, 3.8) is 0 Å². The Morgan fingerprint density at radius 1 is 0.579 bits per heavy atom. The van der Waals surface area contributed by atoms with Gasteiger partial charge in [-0.2, -0.15) is 0 Å². The summed E-state index contributed by atoms with van der Waals surface area (Å²) in [5.41, 5.74) is 0. The van der Waals surface area contributed by atoms with Gasteiger partial charge in [-0.15, -0.1) is 0 Å². The van der Waals surface area contributed by atoms with Crippen LogP contribution in [0.5, 0.6) is 0 Å². The van der Waals surface area contributed by atoms with E-state index in [-0.39, 0.29) is 0 Å². The Hall–Kier alpha value is 3.48. The highest BCUT2D eigenvalue weighted by Gasteiger charge is 2.73. The number of halogens is 12. The number of alkyl halides is 10. The Labute approximate surface area is 171 Å². The molecule has 0 aromatic carbocycles. The van der Waals surface area contributed by atoms with Crippen molar-refractivity contribution in [3.05, 3.63) is 4.84 Å². The zero-order valence-electron chi connectivity index (χ0n) is 8.54. The molecule has 1 radical (unpaired) electrons. The van der Waals surface area contributed by atoms with Crippen molar-refractivity contribution in [2.24, 2.45) is 0 Å². The quantitative estimate of drug-likeness (QED) is 0.329. The summed E-state index contributed by atoms with van der Waals surface area (Å²) in [5.74, 6) is 0. The summed E-state index contributed by atoms with van der Waals surface area (Å²) in [5, 5.41) is 0. The van der Waals surface area contributed by atoms with Crippen LogP contribution < -0.4 is 0 Å². The fourth-order valence-corrected chi connectivity index (χ4v) is 3.83. The molecule has 0 rings (SSSR count). The van der Waals surface area contributed by atoms with E-state index >= 15 is 0 Å². The minimum atomic E-state index is -2.47. The van der Waals surface area contributed by atoms with Crippen molar-refractivity contribution >= 4 is 139 Å². The third-order valence-electron chi connectivity index (χ3n) is 1.97. The molecule has 19 heavy (non-hydrogen) atoms. The molecule has 0 atom stereocenters. The van der Waals surface area contributed by atoms with Gasteiger partial charge in [-0.3, -0.25) is 0 Å². The van der Waals surface area contributed by atoms with Crippen LogP contribution in [-0.2, 0) is 0 Å². The Morgan fingerprint density at radius 2 is 0.895 bits per heavy atom. The van der Waals surface area contributed by atoms with Gasteiger partial charge in [-0.1, -0.05) is 139 Å². The van der Waals surface area contributed by atoms with E-state index in [0.717, 1.165) is 0 Å². The normalized spacial score (nSPS) is 16.1. The molecule has 0 bridgehead atoms. The first-order chi connectivity index (χ1) is 7.94. The molecule has 0 saturated heterocycles. The lowest BCUT2D eigenvalue weighted by Crippen LogP contribution is -2.62. The average Bonchev–Trinajstić information content (AvgIpc) is 2.14. The number of rotatable bonds is 5. The Balaban J connectivity index is 5.92. The van der Waals surface area contributed by atoms with Crippen LogP contribution in [0.15, 0.2) is 0 Å². The van der Waals surface area contributed by atoms with Crippen molar-refractivity contribution in [1.29, 1.82) is 0 Å². The first kappa shape index (κ1) is 22.5. The molecule has 0 saturated carbocycles. The third kappa shape index (κ3) is 3.94. The van der Waals surface area contributed by atoms with E-state index < -0.39 is 26.5 Å². The Morgan fingerprint density at radius 3 is 1.11 bits per heavy atom. The van der Waals surface area contributed by atoms with Gasteiger partial charge in [0.15, 0.2) is 26.5 Å². The van der Waals surface area contributed by atoms with E-state index in [1.807, 2.05) is 0 Å². The summed E-state index contributed by atoms with van der Waals surface area (Å²) in [6.45, 7) is 1.20. The molecule has 0 N–H and O–H groups in total. The Kier molecular flexibility index (Phi) is 8.01. The Bertz CT molecular complexity index is 323. The van der Waals surface area contributed by atoms with Crippen LogP contribution in [0.4, 0.5) is 0 Å². The smallest absolute Gasteiger partial charge is 0.0985 e. The number of hydrogen-bond acceptors (Lipinski definition) is 0. The molecule has 0 amide bonds. The summed E-state index contributed by atoms with van der Waals surface area (Å²) >= 11 is 70.1. The first-order valence-corrected chi connectivity index (χ1v) is 8.55. The van der Waals surface area contributed by atoms with E-state index in [0.29, 0.717) is 0 Å². The maximum atomic E-state index is 6.00. The molecule has 0 heterocycles. The van der Waals surface area contributed by atoms with Crippen molar-refractivity contribution in [2.75, 3.05) is 0 Å². The molecular weight excluding hydrogens is 510 g/mol. The van der Waals surface area contributed by atoms with E-state index in [1.165, 1.54) is 6.92 Å². The van der Waals surface area contributed by atoms with E-state index in [2.05, 4.69) is 0 Å². The predicted octanol–water partition coefficient (Wildman–Crippen LogP) is 7.84. The highest BCUT2D eigenvalue weighted by molar-refractivity contribution is 6.78. The lowest BCUT2D eigenvalue weighted by Gasteiger charge is -2.48. The van der Waals surface area contributed by atoms with Gasteiger partial charge >= 0.3 is 0 Å². The molecule has 0 aliphatic rings. The van der Waals surface area contributed by atoms with Crippen molar-refractivity contribution in [2.45, 2.75) is 28.6 Å². The lowest BCUT2D eigenvalue weighted by molar-refractivity contribution is 0.528. The molecule has 0 aromatic heterocycles. The zero-order chi connectivity index (χ0) is 16.1. The minimum absolute atomic E-state index is 0.638. The van der Waals surface area contributed by atoms with Gasteiger partial charge in [0, 0.05) is 0 Å². The summed E-state index contributed by atoms with van der Waals surface area (Å²) in [6.07, 6.45) is 0. The van der Waals surface area contributed by atoms with Crippen LogP contribution >= 0.6 is 139 Å². The van der Waals surface area contributed by atoms with Gasteiger partial charge in [0.2, 0.25) is 0 Å². The fraction of sp³-hybridized carbons (Fsp3) is 0.857. The van der Waals surface area contributed by atoms with Gasteiger partial charge in [0.05, 0.1) is 0 Å². The third-order valence-corrected chi connectivity index (χ3v) is 9.58. The molecule has 0 nitrogen and oxygen atoms in total. The van der Waals surface area contributed by atoms with Crippen LogP contribution in [0.25, 0.3) is 0 Å². The molecule has 0 aliphatic heterocycles. The van der Waals surface area contributed by atoms with Gasteiger partial charge in [0.25, 0.3) is 0 Å². The molecule has 0 unspecified atom stereocenters. The van der Waals surface area contributed by atoms with Gasteiger partial charge < -0.3 is 0 Å². The molecule has 0 aliphatic carbocycles. The minimum Gasteiger partial charge on any atom is -0.0985 e. The summed E-state index contributed by atoms with van der Waals surface area (Å²) in [6, 6.07) is 0. The molecule has 115 valence electrons. The molecule has 0 aromatic rings. The summed E-state index contributed by atoms with van der Waals surface area (Å²) in [4.78, 5) is -0.638. The van der Waals surface area contributed by atoms with Crippen LogP contribution in [0, 0.1) is 4.84 Å². The van der Waals surface area contributed by atoms with E-state index in [9.17, 15) is 0 Å². The second kappa shape index (κ2) is 6.77. The highest BCUT2D eigenvalue weighted by Crippen LogP contribution is 2.67. The van der Waals surface area contributed by atoms with Crippen LogP contribution in [0.3, 0.4) is 0 Å². The maximum Gasteiger partial charge on any atom is 0.189 e. The maximum absolute atomic E-state index is 6.00. The zero-order valence-corrected chi connectivity index (χ0v) is 17.6. The average molecular weight is 513 g/mol. The van der Waals surface area contributed by atoms with Crippen LogP contribution in [0.2, 0.25) is 0 Å². The topological polar surface area (TPSA) is 0 Å². The molecular formula is C7H3Cl12. The van der Waals surface area contributed by atoms with Gasteiger partial charge in [-0.25, -0.2) is 0 Å².